The van der Waals surface area contributed by atoms with E-state index in [0.29, 0.717) is 12.6 Å². The number of carbonyl (C=O) groups excluding carboxylic acids is 1. The maximum absolute atomic E-state index is 12.2. The Balaban J connectivity index is 1.77. The van der Waals surface area contributed by atoms with E-state index in [1.54, 1.807) is 6.08 Å². The lowest BCUT2D eigenvalue weighted by Gasteiger charge is -2.24. The first-order valence-electron chi connectivity index (χ1n) is 7.12. The Morgan fingerprint density at radius 2 is 2.10 bits per heavy atom. The van der Waals surface area contributed by atoms with E-state index >= 15 is 0 Å². The van der Waals surface area contributed by atoms with Crippen LogP contribution in [0.5, 0.6) is 5.75 Å². The van der Waals surface area contributed by atoms with Crippen molar-refractivity contribution in [3.8, 4) is 5.75 Å². The molecule has 0 aromatic heterocycles. The molecular weight excluding hydrogens is 252 g/mol. The summed E-state index contributed by atoms with van der Waals surface area (Å²) in [5.41, 5.74) is 1.11. The summed E-state index contributed by atoms with van der Waals surface area (Å²) in [5, 5.41) is 3.37. The van der Waals surface area contributed by atoms with Crippen molar-refractivity contribution < 1.29 is 9.53 Å². The average Bonchev–Trinajstić information content (AvgIpc) is 3.25. The summed E-state index contributed by atoms with van der Waals surface area (Å²) >= 11 is 0. The lowest BCUT2D eigenvalue weighted by Crippen LogP contribution is -2.32. The third-order valence-corrected chi connectivity index (χ3v) is 3.81. The van der Waals surface area contributed by atoms with Crippen LogP contribution in [0.15, 0.2) is 36.9 Å². The van der Waals surface area contributed by atoms with Crippen LogP contribution in [0.1, 0.15) is 31.5 Å². The second-order valence-electron chi connectivity index (χ2n) is 5.44. The van der Waals surface area contributed by atoms with E-state index in [1.165, 1.54) is 0 Å². The van der Waals surface area contributed by atoms with Gasteiger partial charge in [0.05, 0.1) is 6.04 Å². The topological polar surface area (TPSA) is 41.6 Å². The molecule has 106 valence electrons. The zero-order valence-electron chi connectivity index (χ0n) is 11.7. The van der Waals surface area contributed by atoms with E-state index in [2.05, 4.69) is 11.9 Å². The Morgan fingerprint density at radius 1 is 1.40 bits per heavy atom. The van der Waals surface area contributed by atoms with Crippen LogP contribution in [-0.2, 0) is 4.79 Å². The highest BCUT2D eigenvalue weighted by atomic mass is 16.5. The summed E-state index contributed by atoms with van der Waals surface area (Å²) in [6, 6.07) is 8.25. The van der Waals surface area contributed by atoms with Gasteiger partial charge < -0.3 is 9.64 Å². The van der Waals surface area contributed by atoms with Gasteiger partial charge in [-0.25, -0.2) is 0 Å². The molecule has 1 saturated heterocycles. The molecule has 0 bridgehead atoms. The fourth-order valence-electron chi connectivity index (χ4n) is 2.64. The van der Waals surface area contributed by atoms with E-state index in [1.807, 2.05) is 36.1 Å². The summed E-state index contributed by atoms with van der Waals surface area (Å²) in [6.07, 6.45) is 3.97. The highest BCUT2D eigenvalue weighted by Gasteiger charge is 2.44. The van der Waals surface area contributed by atoms with Crippen LogP contribution in [0, 0.1) is 0 Å². The fraction of sp³-hybridized carbons (Fsp3) is 0.438. The first-order chi connectivity index (χ1) is 9.70. The number of benzene rings is 1. The molecule has 2 fully saturated rings. The quantitative estimate of drug-likeness (QED) is 0.836. The SMILES string of the molecule is C=CCOc1ccc(C2NC(C)C(=O)N2C2CC2)cc1. The molecule has 20 heavy (non-hydrogen) atoms. The molecule has 1 aliphatic heterocycles. The van der Waals surface area contributed by atoms with E-state index in [9.17, 15) is 4.79 Å². The predicted molar refractivity (Wildman–Crippen MR) is 77.3 cm³/mol. The number of amides is 1. The molecule has 1 amide bonds. The second-order valence-corrected chi connectivity index (χ2v) is 5.44. The molecular formula is C16H20N2O2. The summed E-state index contributed by atoms with van der Waals surface area (Å²) in [5.74, 6) is 1.04. The van der Waals surface area contributed by atoms with Crippen molar-refractivity contribution in [2.75, 3.05) is 6.61 Å². The van der Waals surface area contributed by atoms with E-state index in [0.717, 1.165) is 24.2 Å². The van der Waals surface area contributed by atoms with Crippen molar-refractivity contribution in [2.24, 2.45) is 0 Å². The van der Waals surface area contributed by atoms with Gasteiger partial charge in [-0.2, -0.15) is 0 Å². The van der Waals surface area contributed by atoms with Crippen molar-refractivity contribution in [1.29, 1.82) is 0 Å². The van der Waals surface area contributed by atoms with Gasteiger partial charge in [0.25, 0.3) is 0 Å². The average molecular weight is 272 g/mol. The van der Waals surface area contributed by atoms with E-state index in [-0.39, 0.29) is 18.1 Å². The number of hydrogen-bond donors (Lipinski definition) is 1. The number of rotatable bonds is 5. The van der Waals surface area contributed by atoms with Crippen LogP contribution in [0.4, 0.5) is 0 Å². The monoisotopic (exact) mass is 272 g/mol. The van der Waals surface area contributed by atoms with E-state index in [4.69, 9.17) is 4.74 Å². The minimum Gasteiger partial charge on any atom is -0.490 e. The Labute approximate surface area is 119 Å². The van der Waals surface area contributed by atoms with Gasteiger partial charge in [-0.05, 0) is 37.5 Å². The first kappa shape index (κ1) is 13.2. The van der Waals surface area contributed by atoms with Gasteiger partial charge in [-0.15, -0.1) is 0 Å². The zero-order valence-corrected chi connectivity index (χ0v) is 11.7. The van der Waals surface area contributed by atoms with Gasteiger partial charge >= 0.3 is 0 Å². The number of hydrogen-bond acceptors (Lipinski definition) is 3. The van der Waals surface area contributed by atoms with Crippen molar-refractivity contribution in [3.63, 3.8) is 0 Å². The zero-order chi connectivity index (χ0) is 14.1. The molecule has 0 radical (unpaired) electrons. The van der Waals surface area contributed by atoms with Gasteiger partial charge in [0.2, 0.25) is 5.91 Å². The second kappa shape index (κ2) is 5.29. The van der Waals surface area contributed by atoms with Gasteiger partial charge in [-0.3, -0.25) is 10.1 Å². The Kier molecular flexibility index (Phi) is 3.49. The molecule has 1 heterocycles. The lowest BCUT2D eigenvalue weighted by molar-refractivity contribution is -0.130. The van der Waals surface area contributed by atoms with Crippen molar-refractivity contribution in [2.45, 2.75) is 38.0 Å². The van der Waals surface area contributed by atoms with Crippen molar-refractivity contribution >= 4 is 5.91 Å². The minimum atomic E-state index is -0.0997. The molecule has 1 aromatic carbocycles. The summed E-state index contributed by atoms with van der Waals surface area (Å²) in [7, 11) is 0. The Hall–Kier alpha value is -1.81. The largest absolute Gasteiger partial charge is 0.490 e. The minimum absolute atomic E-state index is 0.00143. The van der Waals surface area contributed by atoms with Crippen LogP contribution < -0.4 is 10.1 Å². The molecule has 1 aliphatic carbocycles. The Morgan fingerprint density at radius 3 is 2.70 bits per heavy atom. The third-order valence-electron chi connectivity index (χ3n) is 3.81. The molecule has 1 aromatic rings. The summed E-state index contributed by atoms with van der Waals surface area (Å²) in [4.78, 5) is 14.2. The standard InChI is InChI=1S/C16H20N2O2/c1-3-10-20-14-8-4-12(5-9-14)15-17-11(2)16(19)18(15)13-6-7-13/h3-5,8-9,11,13,15,17H,1,6-7,10H2,2H3. The van der Waals surface area contributed by atoms with Gasteiger partial charge in [0.1, 0.15) is 18.5 Å². The molecule has 1 N–H and O–H groups in total. The van der Waals surface area contributed by atoms with Crippen LogP contribution in [0.25, 0.3) is 0 Å². The highest BCUT2D eigenvalue weighted by Crippen LogP contribution is 2.37. The van der Waals surface area contributed by atoms with Gasteiger partial charge in [0, 0.05) is 6.04 Å². The number of nitrogens with one attached hydrogen (secondary N) is 1. The molecule has 2 atom stereocenters. The van der Waals surface area contributed by atoms with Crippen LogP contribution in [0.2, 0.25) is 0 Å². The third kappa shape index (κ3) is 2.43. The number of ether oxygens (including phenoxy) is 1. The predicted octanol–water partition coefficient (Wildman–Crippen LogP) is 2.23. The first-order valence-corrected chi connectivity index (χ1v) is 7.12. The van der Waals surface area contributed by atoms with Crippen molar-refractivity contribution in [3.05, 3.63) is 42.5 Å². The maximum atomic E-state index is 12.2. The number of carbonyl (C=O) groups is 1. The number of nitrogens with zero attached hydrogens (tertiary/aromatic N) is 1. The van der Waals surface area contributed by atoms with Crippen LogP contribution in [-0.4, -0.2) is 29.5 Å². The normalized spacial score (nSPS) is 25.9. The highest BCUT2D eigenvalue weighted by molar-refractivity contribution is 5.84. The van der Waals surface area contributed by atoms with E-state index < -0.39 is 0 Å². The van der Waals surface area contributed by atoms with Crippen molar-refractivity contribution in [1.82, 2.24) is 10.2 Å². The molecule has 2 unspecified atom stereocenters. The molecule has 4 nitrogen and oxygen atoms in total. The summed E-state index contributed by atoms with van der Waals surface area (Å²) in [6.45, 7) is 6.06. The molecule has 0 spiro atoms. The van der Waals surface area contributed by atoms with Crippen LogP contribution >= 0.6 is 0 Å². The molecule has 4 heteroatoms. The smallest absolute Gasteiger partial charge is 0.241 e. The Bertz CT molecular complexity index is 508. The maximum Gasteiger partial charge on any atom is 0.241 e. The van der Waals surface area contributed by atoms with Gasteiger partial charge in [0.15, 0.2) is 0 Å². The lowest BCUT2D eigenvalue weighted by atomic mass is 10.1. The van der Waals surface area contributed by atoms with Gasteiger partial charge in [-0.1, -0.05) is 24.8 Å². The fourth-order valence-corrected chi connectivity index (χ4v) is 2.64. The van der Waals surface area contributed by atoms with Crippen LogP contribution in [0.3, 0.4) is 0 Å². The molecule has 2 aliphatic rings. The molecule has 1 saturated carbocycles. The molecule has 3 rings (SSSR count). The summed E-state index contributed by atoms with van der Waals surface area (Å²) < 4.78 is 5.48.